The second kappa shape index (κ2) is 5.57. The third kappa shape index (κ3) is 3.04. The van der Waals surface area contributed by atoms with Gasteiger partial charge in [-0.15, -0.1) is 0 Å². The lowest BCUT2D eigenvalue weighted by Gasteiger charge is -2.27. The lowest BCUT2D eigenvalue weighted by molar-refractivity contribution is 0.0313. The highest BCUT2D eigenvalue weighted by Gasteiger charge is 2.26. The van der Waals surface area contributed by atoms with Gasteiger partial charge in [-0.25, -0.2) is 4.98 Å². The van der Waals surface area contributed by atoms with Crippen molar-refractivity contribution in [3.63, 3.8) is 0 Å². The van der Waals surface area contributed by atoms with E-state index in [1.54, 1.807) is 13.8 Å². The van der Waals surface area contributed by atoms with Crippen LogP contribution in [0.15, 0.2) is 16.1 Å². The summed E-state index contributed by atoms with van der Waals surface area (Å²) in [5.74, 6) is 0.431. The molecule has 20 heavy (non-hydrogen) atoms. The molecule has 2 heterocycles. The zero-order valence-corrected chi connectivity index (χ0v) is 12.7. The van der Waals surface area contributed by atoms with Gasteiger partial charge in [0.1, 0.15) is 5.56 Å². The number of aliphatic hydroxyl groups is 1. The number of aromatic nitrogens is 2. The minimum atomic E-state index is -0.998. The number of fused-ring (bicyclic) bond motifs is 1. The highest BCUT2D eigenvalue weighted by molar-refractivity contribution is 7.99. The van der Waals surface area contributed by atoms with E-state index in [0.717, 1.165) is 5.75 Å². The maximum atomic E-state index is 12.4. The number of carbonyl (C=O) groups is 1. The molecule has 7 heteroatoms. The Morgan fingerprint density at radius 1 is 1.60 bits per heavy atom. The van der Waals surface area contributed by atoms with E-state index in [4.69, 9.17) is 0 Å². The van der Waals surface area contributed by atoms with Crippen molar-refractivity contribution in [2.75, 3.05) is 18.8 Å². The van der Waals surface area contributed by atoms with Crippen molar-refractivity contribution in [1.82, 2.24) is 14.5 Å². The maximum absolute atomic E-state index is 12.4. The Hall–Kier alpha value is -1.34. The summed E-state index contributed by atoms with van der Waals surface area (Å²) in [4.78, 5) is 30.4. The molecule has 1 aromatic rings. The van der Waals surface area contributed by atoms with Gasteiger partial charge in [0.05, 0.1) is 5.60 Å². The number of hydrogen-bond donors (Lipinski definition) is 1. The standard InChI is InChI=1S/C13H19N3O3S/c1-4-15(8-13(2,3)19)10(17)9-7-14-12-16(11(9)18)5-6-20-12/h7,19H,4-6,8H2,1-3H3. The zero-order valence-electron chi connectivity index (χ0n) is 11.9. The number of carbonyl (C=O) groups excluding carboxylic acids is 1. The first-order valence-corrected chi connectivity index (χ1v) is 7.56. The van der Waals surface area contributed by atoms with Crippen LogP contribution in [0.25, 0.3) is 0 Å². The quantitative estimate of drug-likeness (QED) is 0.823. The Morgan fingerprint density at radius 2 is 2.30 bits per heavy atom. The fourth-order valence-corrected chi connectivity index (χ4v) is 3.04. The zero-order chi connectivity index (χ0) is 14.9. The number of hydrogen-bond acceptors (Lipinski definition) is 5. The third-order valence-electron chi connectivity index (χ3n) is 3.03. The van der Waals surface area contributed by atoms with Gasteiger partial charge in [0.2, 0.25) is 0 Å². The molecule has 2 rings (SSSR count). The van der Waals surface area contributed by atoms with Crippen LogP contribution in [0.4, 0.5) is 0 Å². The molecule has 6 nitrogen and oxygen atoms in total. The molecule has 1 aliphatic heterocycles. The van der Waals surface area contributed by atoms with Crippen molar-refractivity contribution in [1.29, 1.82) is 0 Å². The largest absolute Gasteiger partial charge is 0.389 e. The first-order chi connectivity index (χ1) is 9.33. The summed E-state index contributed by atoms with van der Waals surface area (Å²) in [6.07, 6.45) is 1.35. The summed E-state index contributed by atoms with van der Waals surface area (Å²) in [7, 11) is 0. The summed E-state index contributed by atoms with van der Waals surface area (Å²) >= 11 is 1.51. The summed E-state index contributed by atoms with van der Waals surface area (Å²) in [5, 5.41) is 10.5. The normalized spacial score (nSPS) is 14.2. The van der Waals surface area contributed by atoms with Gasteiger partial charge >= 0.3 is 0 Å². The fraction of sp³-hybridized carbons (Fsp3) is 0.615. The highest BCUT2D eigenvalue weighted by Crippen LogP contribution is 2.20. The van der Waals surface area contributed by atoms with Gasteiger partial charge in [-0.2, -0.15) is 0 Å². The molecule has 0 saturated carbocycles. The van der Waals surface area contributed by atoms with E-state index in [2.05, 4.69) is 4.98 Å². The number of likely N-dealkylation sites (N-methyl/N-ethyl adjacent to an activating group) is 1. The average Bonchev–Trinajstić information content (AvgIpc) is 2.84. The molecule has 0 spiro atoms. The van der Waals surface area contributed by atoms with Crippen LogP contribution in [0.2, 0.25) is 0 Å². The Labute approximate surface area is 121 Å². The summed E-state index contributed by atoms with van der Waals surface area (Å²) in [6.45, 7) is 6.28. The second-order valence-electron chi connectivity index (χ2n) is 5.39. The smallest absolute Gasteiger partial charge is 0.267 e. The molecule has 1 aliphatic rings. The Morgan fingerprint density at radius 3 is 2.90 bits per heavy atom. The average molecular weight is 297 g/mol. The molecule has 0 bridgehead atoms. The predicted octanol–water partition coefficient (Wildman–Crippen LogP) is 0.582. The van der Waals surface area contributed by atoms with E-state index in [-0.39, 0.29) is 23.6 Å². The van der Waals surface area contributed by atoms with E-state index >= 15 is 0 Å². The Kier molecular flexibility index (Phi) is 4.19. The van der Waals surface area contributed by atoms with E-state index in [1.165, 1.54) is 27.4 Å². The fourth-order valence-electron chi connectivity index (χ4n) is 2.13. The van der Waals surface area contributed by atoms with Crippen LogP contribution in [-0.4, -0.2) is 49.9 Å². The predicted molar refractivity (Wildman–Crippen MR) is 77.1 cm³/mol. The molecule has 0 aromatic carbocycles. The van der Waals surface area contributed by atoms with Gasteiger partial charge in [0.25, 0.3) is 11.5 Å². The van der Waals surface area contributed by atoms with Gasteiger partial charge in [-0.1, -0.05) is 11.8 Å². The summed E-state index contributed by atoms with van der Waals surface area (Å²) in [5.41, 5.74) is -1.22. The molecular formula is C13H19N3O3S. The molecule has 1 aromatic heterocycles. The lowest BCUT2D eigenvalue weighted by Crippen LogP contribution is -2.44. The number of rotatable bonds is 4. The van der Waals surface area contributed by atoms with Crippen molar-refractivity contribution < 1.29 is 9.90 Å². The van der Waals surface area contributed by atoms with Crippen LogP contribution < -0.4 is 5.56 Å². The Balaban J connectivity index is 2.31. The van der Waals surface area contributed by atoms with Crippen LogP contribution in [0.5, 0.6) is 0 Å². The molecule has 1 amide bonds. The molecule has 110 valence electrons. The SMILES string of the molecule is CCN(CC(C)(C)O)C(=O)c1cnc2n(c1=O)CCS2. The molecule has 0 fully saturated rings. The lowest BCUT2D eigenvalue weighted by atomic mass is 10.1. The molecule has 0 aliphatic carbocycles. The highest BCUT2D eigenvalue weighted by atomic mass is 32.2. The van der Waals surface area contributed by atoms with Crippen molar-refractivity contribution in [3.8, 4) is 0 Å². The number of amides is 1. The Bertz CT molecular complexity index is 577. The monoisotopic (exact) mass is 297 g/mol. The van der Waals surface area contributed by atoms with Gasteiger partial charge in [0.15, 0.2) is 5.16 Å². The van der Waals surface area contributed by atoms with Crippen LogP contribution in [0, 0.1) is 0 Å². The van der Waals surface area contributed by atoms with E-state index in [0.29, 0.717) is 18.2 Å². The molecule has 0 atom stereocenters. The summed E-state index contributed by atoms with van der Waals surface area (Å²) in [6, 6.07) is 0. The molecular weight excluding hydrogens is 278 g/mol. The van der Waals surface area contributed by atoms with Crippen LogP contribution in [0.1, 0.15) is 31.1 Å². The minimum absolute atomic E-state index is 0.0716. The van der Waals surface area contributed by atoms with E-state index in [9.17, 15) is 14.7 Å². The number of nitrogens with zero attached hydrogens (tertiary/aromatic N) is 3. The van der Waals surface area contributed by atoms with Crippen molar-refractivity contribution in [2.45, 2.75) is 38.1 Å². The van der Waals surface area contributed by atoms with Gasteiger partial charge < -0.3 is 10.0 Å². The second-order valence-corrected chi connectivity index (χ2v) is 6.45. The summed E-state index contributed by atoms with van der Waals surface area (Å²) < 4.78 is 1.54. The van der Waals surface area contributed by atoms with E-state index < -0.39 is 5.60 Å². The van der Waals surface area contributed by atoms with Crippen molar-refractivity contribution >= 4 is 17.7 Å². The number of thioether (sulfide) groups is 1. The first-order valence-electron chi connectivity index (χ1n) is 6.58. The maximum Gasteiger partial charge on any atom is 0.267 e. The third-order valence-corrected chi connectivity index (χ3v) is 4.00. The molecule has 0 unspecified atom stereocenters. The first kappa shape index (κ1) is 15.1. The van der Waals surface area contributed by atoms with Gasteiger partial charge in [-0.3, -0.25) is 14.2 Å². The van der Waals surface area contributed by atoms with Crippen LogP contribution in [0.3, 0.4) is 0 Å². The van der Waals surface area contributed by atoms with Crippen LogP contribution >= 0.6 is 11.8 Å². The minimum Gasteiger partial charge on any atom is -0.389 e. The van der Waals surface area contributed by atoms with Crippen molar-refractivity contribution in [2.24, 2.45) is 0 Å². The van der Waals surface area contributed by atoms with E-state index in [1.807, 2.05) is 6.92 Å². The van der Waals surface area contributed by atoms with Crippen LogP contribution in [-0.2, 0) is 6.54 Å². The molecule has 0 saturated heterocycles. The van der Waals surface area contributed by atoms with Crippen molar-refractivity contribution in [3.05, 3.63) is 22.1 Å². The molecule has 1 N–H and O–H groups in total. The van der Waals surface area contributed by atoms with Gasteiger partial charge in [0, 0.05) is 31.6 Å². The topological polar surface area (TPSA) is 75.4 Å². The molecule has 0 radical (unpaired) electrons. The van der Waals surface area contributed by atoms with Gasteiger partial charge in [-0.05, 0) is 20.8 Å².